The van der Waals surface area contributed by atoms with Crippen molar-refractivity contribution >= 4 is 50.3 Å². The van der Waals surface area contributed by atoms with Crippen LogP contribution in [0, 0.1) is 18.6 Å². The third kappa shape index (κ3) is 5.36. The summed E-state index contributed by atoms with van der Waals surface area (Å²) >= 11 is 4.64. The van der Waals surface area contributed by atoms with E-state index >= 15 is 4.39 Å². The molecule has 44 heavy (non-hydrogen) atoms. The Labute approximate surface area is 265 Å². The van der Waals surface area contributed by atoms with Crippen molar-refractivity contribution in [3.63, 3.8) is 0 Å². The first kappa shape index (κ1) is 30.2. The van der Waals surface area contributed by atoms with E-state index in [4.69, 9.17) is 4.74 Å². The number of amides is 1. The summed E-state index contributed by atoms with van der Waals surface area (Å²) in [6, 6.07) is 5.72. The topological polar surface area (TPSA) is 93.5 Å². The van der Waals surface area contributed by atoms with Gasteiger partial charge in [-0.3, -0.25) is 9.36 Å². The van der Waals surface area contributed by atoms with Gasteiger partial charge in [-0.15, -0.1) is 11.8 Å². The molecule has 1 fully saturated rings. The second-order valence-electron chi connectivity index (χ2n) is 11.0. The Morgan fingerprint density at radius 2 is 1.82 bits per heavy atom. The third-order valence-electron chi connectivity index (χ3n) is 7.94. The highest BCUT2D eigenvalue weighted by Crippen LogP contribution is 2.45. The van der Waals surface area contributed by atoms with Gasteiger partial charge in [-0.2, -0.15) is 4.98 Å². The standard InChI is InChI=1S/C31H29BrF2N6O3S/c1-5-25(41)40-17(3)12-38(13-18(40)4)29-21-9-16(2)26(20-10-22(32)24(34)11-23(20)33)28-27(21)39(31(42)37-29)14-19(15-44-28)43-30-35-7-6-8-36-30/h5-11,17-19H,1,12-15H2,2-4H3/t17-,18+,19-/m0/s1. The van der Waals surface area contributed by atoms with Crippen molar-refractivity contribution < 1.29 is 18.3 Å². The lowest BCUT2D eigenvalue weighted by molar-refractivity contribution is -0.130. The van der Waals surface area contributed by atoms with Crippen molar-refractivity contribution in [2.45, 2.75) is 50.4 Å². The van der Waals surface area contributed by atoms with Crippen LogP contribution in [0.1, 0.15) is 19.4 Å². The normalized spacial score (nSPS) is 20.0. The quantitative estimate of drug-likeness (QED) is 0.205. The average molecular weight is 684 g/mol. The molecule has 0 radical (unpaired) electrons. The molecular weight excluding hydrogens is 654 g/mol. The number of rotatable bonds is 5. The fourth-order valence-electron chi connectivity index (χ4n) is 6.16. The molecule has 4 heterocycles. The van der Waals surface area contributed by atoms with E-state index in [9.17, 15) is 14.0 Å². The highest BCUT2D eigenvalue weighted by Gasteiger charge is 2.35. The van der Waals surface area contributed by atoms with Gasteiger partial charge < -0.3 is 14.5 Å². The molecule has 0 aliphatic carbocycles. The fourth-order valence-corrected chi connectivity index (χ4v) is 7.80. The number of benzene rings is 2. The summed E-state index contributed by atoms with van der Waals surface area (Å²) in [5.74, 6) is -0.674. The molecule has 2 aliphatic rings. The van der Waals surface area contributed by atoms with Crippen molar-refractivity contribution in [1.82, 2.24) is 24.4 Å². The predicted molar refractivity (Wildman–Crippen MR) is 169 cm³/mol. The van der Waals surface area contributed by atoms with E-state index < -0.39 is 23.4 Å². The number of anilines is 1. The van der Waals surface area contributed by atoms with E-state index in [0.717, 1.165) is 17.0 Å². The van der Waals surface area contributed by atoms with Crippen molar-refractivity contribution in [3.05, 3.63) is 81.5 Å². The number of hydrogen-bond donors (Lipinski definition) is 0. The first-order chi connectivity index (χ1) is 21.1. The van der Waals surface area contributed by atoms with E-state index in [1.54, 1.807) is 27.9 Å². The van der Waals surface area contributed by atoms with Crippen LogP contribution in [-0.2, 0) is 11.3 Å². The fraction of sp³-hybridized carbons (Fsp3) is 0.323. The Balaban J connectivity index is 1.55. The van der Waals surface area contributed by atoms with Gasteiger partial charge in [-0.05, 0) is 66.5 Å². The molecule has 0 saturated carbocycles. The smallest absolute Gasteiger partial charge is 0.350 e. The Morgan fingerprint density at radius 1 is 1.11 bits per heavy atom. The number of thioether (sulfide) groups is 1. The summed E-state index contributed by atoms with van der Waals surface area (Å²) < 4.78 is 37.5. The number of nitrogens with zero attached hydrogens (tertiary/aromatic N) is 6. The Kier molecular flexibility index (Phi) is 8.18. The van der Waals surface area contributed by atoms with Crippen LogP contribution in [-0.4, -0.2) is 67.4 Å². The zero-order valence-electron chi connectivity index (χ0n) is 24.3. The molecule has 228 valence electrons. The maximum absolute atomic E-state index is 15.4. The van der Waals surface area contributed by atoms with Crippen LogP contribution in [0.2, 0.25) is 0 Å². The Bertz CT molecular complexity index is 1840. The first-order valence-corrected chi connectivity index (χ1v) is 15.8. The summed E-state index contributed by atoms with van der Waals surface area (Å²) in [5, 5.41) is 0.717. The number of aryl methyl sites for hydroxylation is 1. The van der Waals surface area contributed by atoms with Gasteiger partial charge in [-0.25, -0.2) is 23.5 Å². The van der Waals surface area contributed by atoms with Gasteiger partial charge in [0.1, 0.15) is 23.6 Å². The van der Waals surface area contributed by atoms with E-state index in [1.807, 2.05) is 31.7 Å². The molecule has 4 aromatic rings. The minimum absolute atomic E-state index is 0.129. The van der Waals surface area contributed by atoms with Gasteiger partial charge in [-0.1, -0.05) is 6.58 Å². The molecule has 9 nitrogen and oxygen atoms in total. The number of carbonyl (C=O) groups excluding carboxylic acids is 1. The van der Waals surface area contributed by atoms with Crippen LogP contribution < -0.4 is 15.3 Å². The number of aromatic nitrogens is 4. The van der Waals surface area contributed by atoms with E-state index in [-0.39, 0.29) is 40.6 Å². The maximum atomic E-state index is 15.4. The van der Waals surface area contributed by atoms with E-state index in [2.05, 4.69) is 37.5 Å². The molecule has 0 N–H and O–H groups in total. The average Bonchev–Trinajstić information content (AvgIpc) is 3.17. The highest BCUT2D eigenvalue weighted by atomic mass is 79.9. The van der Waals surface area contributed by atoms with Gasteiger partial charge in [0.2, 0.25) is 5.91 Å². The van der Waals surface area contributed by atoms with Crippen LogP contribution in [0.5, 0.6) is 6.01 Å². The summed E-state index contributed by atoms with van der Waals surface area (Å²) in [6.45, 7) is 10.5. The highest BCUT2D eigenvalue weighted by molar-refractivity contribution is 9.10. The van der Waals surface area contributed by atoms with Gasteiger partial charge in [0.15, 0.2) is 0 Å². The lowest BCUT2D eigenvalue weighted by Crippen LogP contribution is -2.58. The van der Waals surface area contributed by atoms with Crippen LogP contribution in [0.4, 0.5) is 14.6 Å². The Morgan fingerprint density at radius 3 is 2.50 bits per heavy atom. The molecule has 2 aromatic heterocycles. The SMILES string of the molecule is C=CC(=O)N1[C@H](C)CN(c2nc(=O)n3c4c(c(-c5cc(Br)c(F)cc5F)c(C)cc24)SC[C@@H](Oc2ncccn2)C3)C[C@@H]1C. The number of hydrogen-bond acceptors (Lipinski definition) is 8. The summed E-state index contributed by atoms with van der Waals surface area (Å²) in [4.78, 5) is 43.8. The van der Waals surface area contributed by atoms with Gasteiger partial charge in [0, 0.05) is 70.8 Å². The molecule has 13 heteroatoms. The number of carbonyl (C=O) groups is 1. The number of ether oxygens (including phenoxy) is 1. The molecular formula is C31H29BrF2N6O3S. The van der Waals surface area contributed by atoms with E-state index in [0.29, 0.717) is 40.6 Å². The van der Waals surface area contributed by atoms with Crippen molar-refractivity contribution in [2.24, 2.45) is 0 Å². The van der Waals surface area contributed by atoms with Crippen molar-refractivity contribution in [3.8, 4) is 17.1 Å². The van der Waals surface area contributed by atoms with Crippen molar-refractivity contribution in [2.75, 3.05) is 23.7 Å². The summed E-state index contributed by atoms with van der Waals surface area (Å²) in [7, 11) is 0. The lowest BCUT2D eigenvalue weighted by atomic mass is 9.97. The van der Waals surface area contributed by atoms with Crippen LogP contribution in [0.3, 0.4) is 0 Å². The molecule has 2 aromatic carbocycles. The number of halogens is 3. The molecule has 0 bridgehead atoms. The monoisotopic (exact) mass is 682 g/mol. The third-order valence-corrected chi connectivity index (χ3v) is 9.77. The minimum atomic E-state index is -0.714. The predicted octanol–water partition coefficient (Wildman–Crippen LogP) is 5.37. The van der Waals surface area contributed by atoms with Gasteiger partial charge >= 0.3 is 11.7 Å². The zero-order valence-corrected chi connectivity index (χ0v) is 26.7. The molecule has 0 unspecified atom stereocenters. The van der Waals surface area contributed by atoms with Crippen LogP contribution in [0.15, 0.2) is 63.5 Å². The molecule has 1 amide bonds. The molecule has 1 saturated heterocycles. The maximum Gasteiger partial charge on any atom is 0.350 e. The summed E-state index contributed by atoms with van der Waals surface area (Å²) in [5.41, 5.74) is 1.61. The largest absolute Gasteiger partial charge is 0.457 e. The zero-order chi connectivity index (χ0) is 31.3. The second kappa shape index (κ2) is 11.9. The minimum Gasteiger partial charge on any atom is -0.457 e. The van der Waals surface area contributed by atoms with E-state index in [1.165, 1.54) is 23.9 Å². The first-order valence-electron chi connectivity index (χ1n) is 14.1. The molecule has 2 aliphatic heterocycles. The molecule has 6 rings (SSSR count). The van der Waals surface area contributed by atoms with Gasteiger partial charge in [0.05, 0.1) is 16.5 Å². The lowest BCUT2D eigenvalue weighted by Gasteiger charge is -2.44. The van der Waals surface area contributed by atoms with Crippen LogP contribution >= 0.6 is 27.7 Å². The Hall–Kier alpha value is -3.84. The van der Waals surface area contributed by atoms with Gasteiger partial charge in [0.25, 0.3) is 0 Å². The van der Waals surface area contributed by atoms with Crippen LogP contribution in [0.25, 0.3) is 22.0 Å². The summed E-state index contributed by atoms with van der Waals surface area (Å²) in [6.07, 6.45) is 3.95. The molecule has 3 atom stereocenters. The van der Waals surface area contributed by atoms with Crippen molar-refractivity contribution in [1.29, 1.82) is 0 Å². The molecule has 0 spiro atoms. The second-order valence-corrected chi connectivity index (χ2v) is 12.9. The number of piperazine rings is 1.